The molecule has 4 nitrogen and oxygen atoms in total. The lowest BCUT2D eigenvalue weighted by Crippen LogP contribution is -2.26. The van der Waals surface area contributed by atoms with Crippen LogP contribution in [-0.2, 0) is 6.42 Å². The summed E-state index contributed by atoms with van der Waals surface area (Å²) in [5.41, 5.74) is 1.09. The Kier molecular flexibility index (Phi) is 7.45. The summed E-state index contributed by atoms with van der Waals surface area (Å²) in [7, 11) is 0. The van der Waals surface area contributed by atoms with Crippen molar-refractivity contribution in [3.63, 3.8) is 0 Å². The molecule has 5 heteroatoms. The molecule has 20 heavy (non-hydrogen) atoms. The first-order valence-corrected chi connectivity index (χ1v) is 8.35. The van der Waals surface area contributed by atoms with Gasteiger partial charge in [0.05, 0.1) is 10.2 Å². The van der Waals surface area contributed by atoms with E-state index in [1.165, 1.54) is 0 Å². The maximum Gasteiger partial charge on any atom is 0.144 e. The van der Waals surface area contributed by atoms with Crippen molar-refractivity contribution < 1.29 is 0 Å². The Morgan fingerprint density at radius 2 is 1.80 bits per heavy atom. The third-order valence-electron chi connectivity index (χ3n) is 3.36. The average molecular weight is 343 g/mol. The van der Waals surface area contributed by atoms with Crippen LogP contribution in [0, 0.1) is 0 Å². The van der Waals surface area contributed by atoms with Gasteiger partial charge in [-0.2, -0.15) is 0 Å². The molecule has 0 unspecified atom stereocenters. The maximum absolute atomic E-state index is 4.73. The molecule has 1 rings (SSSR count). The molecule has 0 radical (unpaired) electrons. The summed E-state index contributed by atoms with van der Waals surface area (Å²) < 4.78 is 1.00. The molecule has 0 aliphatic carbocycles. The predicted octanol–water partition coefficient (Wildman–Crippen LogP) is 3.68. The molecule has 0 saturated heterocycles. The number of rotatable bonds is 8. The van der Waals surface area contributed by atoms with Crippen LogP contribution >= 0.6 is 15.9 Å². The van der Waals surface area contributed by atoms with Gasteiger partial charge in [0.1, 0.15) is 11.6 Å². The fourth-order valence-electron chi connectivity index (χ4n) is 2.09. The minimum absolute atomic E-state index is 0.386. The summed E-state index contributed by atoms with van der Waals surface area (Å²) in [5.74, 6) is 2.23. The molecule has 0 aliphatic rings. The van der Waals surface area contributed by atoms with Gasteiger partial charge in [-0.15, -0.1) is 0 Å². The quantitative estimate of drug-likeness (QED) is 0.782. The molecule has 0 aromatic carbocycles. The van der Waals surface area contributed by atoms with Crippen LogP contribution in [0.1, 0.15) is 52.1 Å². The molecule has 1 heterocycles. The highest BCUT2D eigenvalue weighted by Crippen LogP contribution is 2.28. The van der Waals surface area contributed by atoms with Crippen molar-refractivity contribution in [1.82, 2.24) is 14.9 Å². The Balaban J connectivity index is 2.95. The second-order valence-corrected chi connectivity index (χ2v) is 5.94. The van der Waals surface area contributed by atoms with Gasteiger partial charge in [-0.1, -0.05) is 27.7 Å². The van der Waals surface area contributed by atoms with Crippen LogP contribution in [0.4, 0.5) is 5.82 Å². The van der Waals surface area contributed by atoms with Crippen molar-refractivity contribution >= 4 is 21.7 Å². The molecular formula is C15H27BrN4. The van der Waals surface area contributed by atoms with E-state index in [4.69, 9.17) is 4.98 Å². The summed E-state index contributed by atoms with van der Waals surface area (Å²) in [4.78, 5) is 11.8. The van der Waals surface area contributed by atoms with Crippen LogP contribution in [0.2, 0.25) is 0 Å². The summed E-state index contributed by atoms with van der Waals surface area (Å²) in [6.07, 6.45) is 0.896. The second kappa shape index (κ2) is 8.57. The standard InChI is InChI=1S/C15H27BrN4/c1-6-17-15-13(16)14(11(4)5)18-12(19-15)9-10-20(7-2)8-3/h11H,6-10H2,1-5H3,(H,17,18,19). The highest BCUT2D eigenvalue weighted by Gasteiger charge is 2.14. The first-order chi connectivity index (χ1) is 9.53. The molecule has 0 spiro atoms. The molecule has 114 valence electrons. The van der Waals surface area contributed by atoms with Crippen LogP contribution in [0.3, 0.4) is 0 Å². The maximum atomic E-state index is 4.73. The molecule has 1 aromatic rings. The lowest BCUT2D eigenvalue weighted by molar-refractivity contribution is 0.305. The van der Waals surface area contributed by atoms with Crippen molar-refractivity contribution in [2.24, 2.45) is 0 Å². The third-order valence-corrected chi connectivity index (χ3v) is 4.14. The van der Waals surface area contributed by atoms with Gasteiger partial charge in [0.15, 0.2) is 0 Å². The molecule has 1 aromatic heterocycles. The number of hydrogen-bond donors (Lipinski definition) is 1. The third kappa shape index (κ3) is 4.70. The van der Waals surface area contributed by atoms with Crippen LogP contribution in [-0.4, -0.2) is 41.0 Å². The minimum atomic E-state index is 0.386. The molecule has 0 saturated carbocycles. The van der Waals surface area contributed by atoms with Crippen molar-refractivity contribution in [2.75, 3.05) is 31.5 Å². The van der Waals surface area contributed by atoms with Crippen molar-refractivity contribution in [1.29, 1.82) is 0 Å². The summed E-state index contributed by atoms with van der Waals surface area (Å²) >= 11 is 3.63. The van der Waals surface area contributed by atoms with Gasteiger partial charge < -0.3 is 10.2 Å². The van der Waals surface area contributed by atoms with E-state index in [2.05, 4.69) is 65.7 Å². The van der Waals surface area contributed by atoms with E-state index in [0.717, 1.165) is 54.4 Å². The Morgan fingerprint density at radius 1 is 1.15 bits per heavy atom. The number of anilines is 1. The van der Waals surface area contributed by atoms with E-state index in [0.29, 0.717) is 5.92 Å². The van der Waals surface area contributed by atoms with Crippen molar-refractivity contribution in [3.05, 3.63) is 16.0 Å². The number of aromatic nitrogens is 2. The molecule has 0 fully saturated rings. The summed E-state index contributed by atoms with van der Waals surface area (Å²) in [6.45, 7) is 14.8. The molecule has 0 aliphatic heterocycles. The van der Waals surface area contributed by atoms with Gasteiger partial charge in [0.25, 0.3) is 0 Å². The zero-order chi connectivity index (χ0) is 15.1. The lowest BCUT2D eigenvalue weighted by Gasteiger charge is -2.18. The number of hydrogen-bond acceptors (Lipinski definition) is 4. The van der Waals surface area contributed by atoms with Crippen molar-refractivity contribution in [3.8, 4) is 0 Å². The van der Waals surface area contributed by atoms with Gasteiger partial charge in [-0.25, -0.2) is 9.97 Å². The van der Waals surface area contributed by atoms with E-state index in [1.54, 1.807) is 0 Å². The van der Waals surface area contributed by atoms with Crippen LogP contribution in [0.15, 0.2) is 4.47 Å². The van der Waals surface area contributed by atoms with Gasteiger partial charge in [0.2, 0.25) is 0 Å². The smallest absolute Gasteiger partial charge is 0.144 e. The van der Waals surface area contributed by atoms with Gasteiger partial charge in [0, 0.05) is 19.5 Å². The number of nitrogens with one attached hydrogen (secondary N) is 1. The van der Waals surface area contributed by atoms with Gasteiger partial charge >= 0.3 is 0 Å². The topological polar surface area (TPSA) is 41.1 Å². The number of likely N-dealkylation sites (N-methyl/N-ethyl adjacent to an activating group) is 1. The predicted molar refractivity (Wildman–Crippen MR) is 89.5 cm³/mol. The Labute approximate surface area is 131 Å². The minimum Gasteiger partial charge on any atom is -0.369 e. The molecule has 0 amide bonds. The fourth-order valence-corrected chi connectivity index (χ4v) is 2.86. The van der Waals surface area contributed by atoms with Crippen LogP contribution in [0.25, 0.3) is 0 Å². The monoisotopic (exact) mass is 342 g/mol. The molecule has 0 atom stereocenters. The summed E-state index contributed by atoms with van der Waals surface area (Å²) in [6, 6.07) is 0. The van der Waals surface area contributed by atoms with Gasteiger partial charge in [-0.3, -0.25) is 0 Å². The fraction of sp³-hybridized carbons (Fsp3) is 0.733. The Hall–Kier alpha value is -0.680. The molecule has 1 N–H and O–H groups in total. The van der Waals surface area contributed by atoms with Crippen molar-refractivity contribution in [2.45, 2.75) is 47.0 Å². The van der Waals surface area contributed by atoms with Crippen LogP contribution in [0.5, 0.6) is 0 Å². The first-order valence-electron chi connectivity index (χ1n) is 7.55. The lowest BCUT2D eigenvalue weighted by atomic mass is 10.1. The SMILES string of the molecule is CCNc1nc(CCN(CC)CC)nc(C(C)C)c1Br. The van der Waals surface area contributed by atoms with Crippen LogP contribution < -0.4 is 5.32 Å². The highest BCUT2D eigenvalue weighted by atomic mass is 79.9. The first kappa shape index (κ1) is 17.4. The molecule has 0 bridgehead atoms. The number of halogens is 1. The largest absolute Gasteiger partial charge is 0.369 e. The normalized spacial score (nSPS) is 11.4. The zero-order valence-electron chi connectivity index (χ0n) is 13.3. The second-order valence-electron chi connectivity index (χ2n) is 5.15. The average Bonchev–Trinajstić information content (AvgIpc) is 2.43. The molecular weight excluding hydrogens is 316 g/mol. The van der Waals surface area contributed by atoms with E-state index in [-0.39, 0.29) is 0 Å². The van der Waals surface area contributed by atoms with E-state index in [1.807, 2.05) is 0 Å². The number of nitrogens with zero attached hydrogens (tertiary/aromatic N) is 3. The summed E-state index contributed by atoms with van der Waals surface area (Å²) in [5, 5.41) is 3.32. The van der Waals surface area contributed by atoms with E-state index >= 15 is 0 Å². The Morgan fingerprint density at radius 3 is 2.30 bits per heavy atom. The van der Waals surface area contributed by atoms with Gasteiger partial charge in [-0.05, 0) is 41.9 Å². The van der Waals surface area contributed by atoms with E-state index < -0.39 is 0 Å². The Bertz CT molecular complexity index is 417. The highest BCUT2D eigenvalue weighted by molar-refractivity contribution is 9.10. The van der Waals surface area contributed by atoms with E-state index in [9.17, 15) is 0 Å². The zero-order valence-corrected chi connectivity index (χ0v) is 14.9.